The van der Waals surface area contributed by atoms with Crippen LogP contribution in [0.2, 0.25) is 0 Å². The van der Waals surface area contributed by atoms with Crippen LogP contribution in [0.4, 0.5) is 0 Å². The SMILES string of the molecule is CC(C)C(C)c1ncc(C(C)(C)c2cnc(C(C)C(C)C)c(-c3ccccc3O)n2)nc1-c1ccccc1O. The van der Waals surface area contributed by atoms with E-state index in [0.29, 0.717) is 34.4 Å². The molecule has 0 fully saturated rings. The average Bonchev–Trinajstić information content (AvgIpc) is 2.92. The second-order valence-electron chi connectivity index (χ2n) is 11.7. The lowest BCUT2D eigenvalue weighted by molar-refractivity contribution is 0.476. The van der Waals surface area contributed by atoms with Crippen molar-refractivity contribution >= 4 is 0 Å². The van der Waals surface area contributed by atoms with Crippen molar-refractivity contribution < 1.29 is 10.2 Å². The Morgan fingerprint density at radius 1 is 0.590 bits per heavy atom. The second kappa shape index (κ2) is 11.1. The lowest BCUT2D eigenvalue weighted by Gasteiger charge is -2.27. The van der Waals surface area contributed by atoms with Crippen molar-refractivity contribution in [3.63, 3.8) is 0 Å². The summed E-state index contributed by atoms with van der Waals surface area (Å²) in [5.41, 5.74) is 5.18. The number of nitrogens with zero attached hydrogens (tertiary/aromatic N) is 4. The lowest BCUT2D eigenvalue weighted by Crippen LogP contribution is -2.25. The van der Waals surface area contributed by atoms with Crippen molar-refractivity contribution in [2.45, 2.75) is 72.6 Å². The van der Waals surface area contributed by atoms with Gasteiger partial charge in [0.05, 0.1) is 39.6 Å². The minimum absolute atomic E-state index is 0.147. The summed E-state index contributed by atoms with van der Waals surface area (Å²) in [6.45, 7) is 17.0. The van der Waals surface area contributed by atoms with E-state index in [1.54, 1.807) is 24.3 Å². The van der Waals surface area contributed by atoms with Crippen molar-refractivity contribution in [1.29, 1.82) is 0 Å². The highest BCUT2D eigenvalue weighted by Crippen LogP contribution is 2.40. The maximum atomic E-state index is 10.7. The van der Waals surface area contributed by atoms with E-state index in [1.807, 2.05) is 36.7 Å². The van der Waals surface area contributed by atoms with Crippen molar-refractivity contribution in [3.05, 3.63) is 83.7 Å². The molecule has 4 aromatic rings. The van der Waals surface area contributed by atoms with Crippen LogP contribution in [-0.4, -0.2) is 30.1 Å². The molecule has 0 aliphatic carbocycles. The molecule has 0 aliphatic rings. The Labute approximate surface area is 232 Å². The molecule has 2 heterocycles. The Hall–Kier alpha value is -3.80. The number of phenols is 2. The predicted octanol–water partition coefficient (Wildman–Crippen LogP) is 7.86. The summed E-state index contributed by atoms with van der Waals surface area (Å²) in [6.07, 6.45) is 3.65. The van der Waals surface area contributed by atoms with Gasteiger partial charge in [-0.05, 0) is 49.9 Å². The van der Waals surface area contributed by atoms with Crippen LogP contribution in [0.3, 0.4) is 0 Å². The van der Waals surface area contributed by atoms with E-state index in [4.69, 9.17) is 19.9 Å². The van der Waals surface area contributed by atoms with Crippen LogP contribution in [0.15, 0.2) is 60.9 Å². The Morgan fingerprint density at radius 3 is 1.28 bits per heavy atom. The van der Waals surface area contributed by atoms with E-state index in [1.165, 1.54) is 0 Å². The van der Waals surface area contributed by atoms with E-state index in [2.05, 4.69) is 55.4 Å². The normalized spacial score (nSPS) is 13.6. The molecule has 0 bridgehead atoms. The van der Waals surface area contributed by atoms with E-state index < -0.39 is 5.41 Å². The number of aromatic hydroxyl groups is 2. The van der Waals surface area contributed by atoms with Gasteiger partial charge in [0, 0.05) is 35.4 Å². The molecule has 2 aromatic heterocycles. The molecule has 2 aromatic carbocycles. The van der Waals surface area contributed by atoms with Gasteiger partial charge in [-0.25, -0.2) is 9.97 Å². The molecule has 6 nitrogen and oxygen atoms in total. The van der Waals surface area contributed by atoms with Gasteiger partial charge in [0.1, 0.15) is 11.5 Å². The molecule has 6 heteroatoms. The summed E-state index contributed by atoms with van der Waals surface area (Å²) >= 11 is 0. The molecule has 2 unspecified atom stereocenters. The number of para-hydroxylation sites is 2. The smallest absolute Gasteiger partial charge is 0.125 e. The van der Waals surface area contributed by atoms with Gasteiger partial charge in [-0.3, -0.25) is 9.97 Å². The van der Waals surface area contributed by atoms with Gasteiger partial charge in [-0.2, -0.15) is 0 Å². The molecule has 39 heavy (non-hydrogen) atoms. The molecule has 0 spiro atoms. The van der Waals surface area contributed by atoms with Crippen LogP contribution in [0.5, 0.6) is 11.5 Å². The molecule has 4 rings (SSSR count). The summed E-state index contributed by atoms with van der Waals surface area (Å²) in [7, 11) is 0. The van der Waals surface area contributed by atoms with Crippen molar-refractivity contribution in [2.75, 3.05) is 0 Å². The minimum atomic E-state index is -0.655. The number of aromatic nitrogens is 4. The number of benzene rings is 2. The van der Waals surface area contributed by atoms with Crippen molar-refractivity contribution in [3.8, 4) is 34.0 Å². The first kappa shape index (κ1) is 28.2. The first-order valence-electron chi connectivity index (χ1n) is 13.7. The van der Waals surface area contributed by atoms with Crippen LogP contribution >= 0.6 is 0 Å². The molecule has 0 radical (unpaired) electrons. The molecular formula is C33H40N4O2. The third kappa shape index (κ3) is 5.51. The summed E-state index contributed by atoms with van der Waals surface area (Å²) in [6, 6.07) is 14.5. The number of hydrogen-bond donors (Lipinski definition) is 2. The first-order chi connectivity index (χ1) is 18.4. The Bertz CT molecular complexity index is 1350. The van der Waals surface area contributed by atoms with Gasteiger partial charge in [0.15, 0.2) is 0 Å². The van der Waals surface area contributed by atoms with Gasteiger partial charge in [-0.1, -0.05) is 65.8 Å². The number of hydrogen-bond acceptors (Lipinski definition) is 6. The molecule has 2 atom stereocenters. The minimum Gasteiger partial charge on any atom is -0.507 e. The molecular weight excluding hydrogens is 484 g/mol. The van der Waals surface area contributed by atoms with E-state index >= 15 is 0 Å². The summed E-state index contributed by atoms with van der Waals surface area (Å²) in [4.78, 5) is 20.1. The zero-order valence-corrected chi connectivity index (χ0v) is 24.3. The molecule has 0 aliphatic heterocycles. The summed E-state index contributed by atoms with van der Waals surface area (Å²) in [5, 5.41) is 21.4. The number of phenolic OH excluding ortho intramolecular Hbond substituents is 2. The quantitative estimate of drug-likeness (QED) is 0.244. The summed E-state index contributed by atoms with van der Waals surface area (Å²) in [5.74, 6) is 1.35. The van der Waals surface area contributed by atoms with Crippen LogP contribution in [0.1, 0.15) is 90.0 Å². The molecule has 0 amide bonds. The van der Waals surface area contributed by atoms with Crippen molar-refractivity contribution in [2.24, 2.45) is 11.8 Å². The Morgan fingerprint density at radius 2 is 0.949 bits per heavy atom. The number of rotatable bonds is 8. The van der Waals surface area contributed by atoms with E-state index in [0.717, 1.165) is 22.8 Å². The Kier molecular flexibility index (Phi) is 8.05. The fourth-order valence-electron chi connectivity index (χ4n) is 4.57. The van der Waals surface area contributed by atoms with Crippen LogP contribution in [0.25, 0.3) is 22.5 Å². The van der Waals surface area contributed by atoms with Crippen LogP contribution < -0.4 is 0 Å². The maximum Gasteiger partial charge on any atom is 0.125 e. The highest BCUT2D eigenvalue weighted by atomic mass is 16.3. The third-order valence-electron chi connectivity index (χ3n) is 8.06. The standard InChI is InChI=1S/C33H40N4O2/c1-19(2)21(5)29-31(23-13-9-11-15-25(23)38)36-27(17-34-29)33(7,8)28-18-35-30(22(6)20(3)4)32(37-28)24-14-10-12-16-26(24)39/h9-22,38-39H,1-8H3. The predicted molar refractivity (Wildman–Crippen MR) is 157 cm³/mol. The van der Waals surface area contributed by atoms with E-state index in [9.17, 15) is 10.2 Å². The fraction of sp³-hybridized carbons (Fsp3) is 0.394. The van der Waals surface area contributed by atoms with Gasteiger partial charge in [0.25, 0.3) is 0 Å². The third-order valence-corrected chi connectivity index (χ3v) is 8.06. The highest BCUT2D eigenvalue weighted by molar-refractivity contribution is 5.70. The van der Waals surface area contributed by atoms with Crippen molar-refractivity contribution in [1.82, 2.24) is 19.9 Å². The first-order valence-corrected chi connectivity index (χ1v) is 13.7. The topological polar surface area (TPSA) is 92.0 Å². The summed E-state index contributed by atoms with van der Waals surface area (Å²) < 4.78 is 0. The van der Waals surface area contributed by atoms with E-state index in [-0.39, 0.29) is 23.3 Å². The molecule has 204 valence electrons. The molecule has 2 N–H and O–H groups in total. The average molecular weight is 525 g/mol. The molecule has 0 saturated carbocycles. The molecule has 0 saturated heterocycles. The Balaban J connectivity index is 1.91. The zero-order valence-electron chi connectivity index (χ0n) is 24.3. The zero-order chi connectivity index (χ0) is 28.5. The maximum absolute atomic E-state index is 10.7. The van der Waals surface area contributed by atoms with Gasteiger partial charge in [-0.15, -0.1) is 0 Å². The van der Waals surface area contributed by atoms with Crippen LogP contribution in [0, 0.1) is 11.8 Å². The van der Waals surface area contributed by atoms with Gasteiger partial charge >= 0.3 is 0 Å². The second-order valence-corrected chi connectivity index (χ2v) is 11.7. The lowest BCUT2D eigenvalue weighted by atomic mass is 9.84. The largest absolute Gasteiger partial charge is 0.507 e. The van der Waals surface area contributed by atoms with Crippen LogP contribution in [-0.2, 0) is 5.41 Å². The van der Waals surface area contributed by atoms with Gasteiger partial charge < -0.3 is 10.2 Å². The highest BCUT2D eigenvalue weighted by Gasteiger charge is 2.32. The monoisotopic (exact) mass is 524 g/mol. The fourth-order valence-corrected chi connectivity index (χ4v) is 4.57. The van der Waals surface area contributed by atoms with Gasteiger partial charge in [0.2, 0.25) is 0 Å².